The van der Waals surface area contributed by atoms with Gasteiger partial charge in [0.2, 0.25) is 10.1 Å². The van der Waals surface area contributed by atoms with E-state index in [0.717, 1.165) is 34.9 Å². The van der Waals surface area contributed by atoms with Crippen LogP contribution in [0, 0.1) is 10.1 Å². The number of hydrogen-bond acceptors (Lipinski definition) is 8. The first-order chi connectivity index (χ1) is 12.2. The second-order valence-electron chi connectivity index (χ2n) is 5.16. The lowest BCUT2D eigenvalue weighted by Gasteiger charge is -1.95. The van der Waals surface area contributed by atoms with E-state index in [1.54, 1.807) is 23.5 Å². The first-order valence-electron chi connectivity index (χ1n) is 7.14. The zero-order valence-corrected chi connectivity index (χ0v) is 14.8. The second-order valence-corrected chi connectivity index (χ2v) is 8.42. The van der Waals surface area contributed by atoms with Gasteiger partial charge in [-0.05, 0) is 30.0 Å². The van der Waals surface area contributed by atoms with Gasteiger partial charge in [0, 0.05) is 12.1 Å². The number of fused-ring (bicyclic) bond motifs is 4. The first-order valence-corrected chi connectivity index (χ1v) is 9.59. The summed E-state index contributed by atoms with van der Waals surface area (Å²) in [5.41, 5.74) is 1.88. The van der Waals surface area contributed by atoms with Gasteiger partial charge in [-0.3, -0.25) is 14.5 Å². The van der Waals surface area contributed by atoms with Crippen molar-refractivity contribution < 1.29 is 4.92 Å². The molecule has 10 heteroatoms. The van der Waals surface area contributed by atoms with Crippen LogP contribution in [0.4, 0.5) is 5.69 Å². The maximum atomic E-state index is 10.9. The lowest BCUT2D eigenvalue weighted by molar-refractivity contribution is -0.384. The standard InChI is InChI=1S/C15H7N5O2S3/c21-20(22)8-5-6-9-12(7-8)24-15(16-9)25-14-18-17-13-19(14)10-3-1-2-4-11(10)23-13/h1-7H. The van der Waals surface area contributed by atoms with Crippen LogP contribution in [0.15, 0.2) is 52.0 Å². The largest absolute Gasteiger partial charge is 0.270 e. The van der Waals surface area contributed by atoms with Gasteiger partial charge in [0.15, 0.2) is 4.34 Å². The molecule has 3 heterocycles. The fourth-order valence-corrected chi connectivity index (χ4v) is 5.62. The highest BCUT2D eigenvalue weighted by atomic mass is 32.2. The Morgan fingerprint density at radius 1 is 1.08 bits per heavy atom. The number of nitro benzene ring substituents is 1. The van der Waals surface area contributed by atoms with E-state index in [2.05, 4.69) is 21.2 Å². The second kappa shape index (κ2) is 5.48. The molecule has 0 radical (unpaired) electrons. The van der Waals surface area contributed by atoms with Crippen molar-refractivity contribution in [2.75, 3.05) is 0 Å². The minimum Gasteiger partial charge on any atom is -0.260 e. The molecule has 0 saturated carbocycles. The van der Waals surface area contributed by atoms with E-state index in [1.165, 1.54) is 29.2 Å². The van der Waals surface area contributed by atoms with Crippen molar-refractivity contribution >= 4 is 65.5 Å². The average molecular weight is 385 g/mol. The van der Waals surface area contributed by atoms with Gasteiger partial charge in [-0.1, -0.05) is 23.5 Å². The number of hydrogen-bond donors (Lipinski definition) is 0. The molecule has 0 N–H and O–H groups in total. The van der Waals surface area contributed by atoms with Gasteiger partial charge >= 0.3 is 0 Å². The lowest BCUT2D eigenvalue weighted by Crippen LogP contribution is -1.86. The third-order valence-corrected chi connectivity index (χ3v) is 6.69. The molecule has 0 aliphatic rings. The summed E-state index contributed by atoms with van der Waals surface area (Å²) >= 11 is 4.42. The third-order valence-electron chi connectivity index (χ3n) is 3.65. The normalized spacial score (nSPS) is 11.7. The molecule has 3 aromatic heterocycles. The summed E-state index contributed by atoms with van der Waals surface area (Å²) in [6.07, 6.45) is 0. The number of aromatic nitrogens is 4. The van der Waals surface area contributed by atoms with E-state index >= 15 is 0 Å². The molecule has 25 heavy (non-hydrogen) atoms. The predicted octanol–water partition coefficient (Wildman–Crippen LogP) is 4.61. The number of nitro groups is 1. The average Bonchev–Trinajstić information content (AvgIpc) is 3.27. The summed E-state index contributed by atoms with van der Waals surface area (Å²) in [7, 11) is 0. The Morgan fingerprint density at radius 2 is 1.96 bits per heavy atom. The Kier molecular flexibility index (Phi) is 3.23. The minimum absolute atomic E-state index is 0.0707. The van der Waals surface area contributed by atoms with Gasteiger partial charge < -0.3 is 0 Å². The van der Waals surface area contributed by atoms with E-state index in [4.69, 9.17) is 0 Å². The van der Waals surface area contributed by atoms with Crippen LogP contribution in [0.3, 0.4) is 0 Å². The molecule has 0 bridgehead atoms. The Morgan fingerprint density at radius 3 is 2.84 bits per heavy atom. The molecule has 122 valence electrons. The molecule has 5 aromatic rings. The van der Waals surface area contributed by atoms with Gasteiger partial charge in [0.1, 0.15) is 0 Å². The van der Waals surface area contributed by atoms with Crippen LogP contribution in [0.5, 0.6) is 0 Å². The first kappa shape index (κ1) is 14.8. The maximum Gasteiger partial charge on any atom is 0.270 e. The maximum absolute atomic E-state index is 10.9. The van der Waals surface area contributed by atoms with E-state index in [-0.39, 0.29) is 5.69 Å². The molecular formula is C15H7N5O2S3. The van der Waals surface area contributed by atoms with Crippen molar-refractivity contribution in [3.63, 3.8) is 0 Å². The molecule has 0 aliphatic carbocycles. The minimum atomic E-state index is -0.397. The summed E-state index contributed by atoms with van der Waals surface area (Å²) in [6.45, 7) is 0. The third kappa shape index (κ3) is 2.37. The highest BCUT2D eigenvalue weighted by Crippen LogP contribution is 2.37. The Hall–Kier alpha value is -2.56. The molecule has 0 aliphatic heterocycles. The van der Waals surface area contributed by atoms with Crippen molar-refractivity contribution in [3.05, 3.63) is 52.6 Å². The summed E-state index contributed by atoms with van der Waals surface area (Å²) in [5.74, 6) is 0. The molecule has 2 aromatic carbocycles. The van der Waals surface area contributed by atoms with Crippen molar-refractivity contribution in [1.82, 2.24) is 19.6 Å². The van der Waals surface area contributed by atoms with Crippen LogP contribution in [-0.4, -0.2) is 24.5 Å². The lowest BCUT2D eigenvalue weighted by atomic mass is 10.3. The number of para-hydroxylation sites is 1. The van der Waals surface area contributed by atoms with Gasteiger partial charge in [-0.2, -0.15) is 0 Å². The molecule has 0 atom stereocenters. The topological polar surface area (TPSA) is 86.2 Å². The van der Waals surface area contributed by atoms with Crippen molar-refractivity contribution in [3.8, 4) is 0 Å². The smallest absolute Gasteiger partial charge is 0.260 e. The molecule has 0 saturated heterocycles. The zero-order valence-electron chi connectivity index (χ0n) is 12.3. The summed E-state index contributed by atoms with van der Waals surface area (Å²) in [5, 5.41) is 20.2. The molecule has 0 unspecified atom stereocenters. The Labute approximate surface area is 152 Å². The van der Waals surface area contributed by atoms with E-state index in [0.29, 0.717) is 0 Å². The Balaban J connectivity index is 1.60. The molecule has 0 spiro atoms. The highest BCUT2D eigenvalue weighted by Gasteiger charge is 2.16. The molecule has 7 nitrogen and oxygen atoms in total. The fraction of sp³-hybridized carbons (Fsp3) is 0. The number of rotatable bonds is 3. The summed E-state index contributed by atoms with van der Waals surface area (Å²) in [6, 6.07) is 12.8. The number of non-ortho nitro benzene ring substituents is 1. The van der Waals surface area contributed by atoms with Crippen LogP contribution in [0.2, 0.25) is 0 Å². The number of thiazole rings is 2. The van der Waals surface area contributed by atoms with E-state index in [1.807, 2.05) is 22.6 Å². The SMILES string of the molecule is O=[N+]([O-])c1ccc2nc(Sc3nnc4sc5ccccc5n34)sc2c1. The monoisotopic (exact) mass is 385 g/mol. The quantitative estimate of drug-likeness (QED) is 0.333. The Bertz CT molecular complexity index is 1270. The van der Waals surface area contributed by atoms with E-state index in [9.17, 15) is 10.1 Å². The molecular weight excluding hydrogens is 378 g/mol. The number of benzene rings is 2. The van der Waals surface area contributed by atoms with Crippen LogP contribution in [0.1, 0.15) is 0 Å². The number of nitrogens with zero attached hydrogens (tertiary/aromatic N) is 5. The molecule has 0 fully saturated rings. The highest BCUT2D eigenvalue weighted by molar-refractivity contribution is 8.01. The molecule has 0 amide bonds. The van der Waals surface area contributed by atoms with Gasteiger partial charge in [0.05, 0.1) is 25.4 Å². The van der Waals surface area contributed by atoms with Gasteiger partial charge in [-0.15, -0.1) is 21.5 Å². The van der Waals surface area contributed by atoms with Crippen LogP contribution in [0.25, 0.3) is 25.4 Å². The predicted molar refractivity (Wildman–Crippen MR) is 98.8 cm³/mol. The van der Waals surface area contributed by atoms with E-state index < -0.39 is 4.92 Å². The van der Waals surface area contributed by atoms with Crippen LogP contribution in [-0.2, 0) is 0 Å². The van der Waals surface area contributed by atoms with Crippen molar-refractivity contribution in [2.24, 2.45) is 0 Å². The zero-order chi connectivity index (χ0) is 17.0. The van der Waals surface area contributed by atoms with Crippen LogP contribution >= 0.6 is 34.4 Å². The molecule has 5 rings (SSSR count). The fourth-order valence-electron chi connectivity index (χ4n) is 2.55. The summed E-state index contributed by atoms with van der Waals surface area (Å²) in [4.78, 5) is 15.9. The summed E-state index contributed by atoms with van der Waals surface area (Å²) < 4.78 is 4.72. The van der Waals surface area contributed by atoms with Crippen molar-refractivity contribution in [1.29, 1.82) is 0 Å². The van der Waals surface area contributed by atoms with Crippen molar-refractivity contribution in [2.45, 2.75) is 9.50 Å². The van der Waals surface area contributed by atoms with Gasteiger partial charge in [0.25, 0.3) is 5.69 Å². The van der Waals surface area contributed by atoms with Gasteiger partial charge in [-0.25, -0.2) is 4.98 Å². The van der Waals surface area contributed by atoms with Crippen LogP contribution < -0.4 is 0 Å².